The van der Waals surface area contributed by atoms with Gasteiger partial charge in [0.25, 0.3) is 0 Å². The summed E-state index contributed by atoms with van der Waals surface area (Å²) in [6.45, 7) is 0.926. The van der Waals surface area contributed by atoms with E-state index in [1.165, 1.54) is 19.2 Å². The van der Waals surface area contributed by atoms with Gasteiger partial charge in [-0.15, -0.1) is 0 Å². The second kappa shape index (κ2) is 7.38. The molecule has 1 aromatic carbocycles. The molecule has 0 aromatic heterocycles. The Bertz CT molecular complexity index is 410. The molecule has 0 N–H and O–H groups in total. The van der Waals surface area contributed by atoms with Crippen LogP contribution in [-0.2, 0) is 0 Å². The number of benzene rings is 1. The van der Waals surface area contributed by atoms with Crippen LogP contribution >= 0.6 is 11.8 Å². The number of Topliss-reactive ketones (excluding diaryl/α,β-unsaturated/α-hetero) is 1. The van der Waals surface area contributed by atoms with Crippen molar-refractivity contribution in [1.29, 1.82) is 0 Å². The SMILES string of the molecule is COc1ccc(C(=O)CSCCN(C)C)cc1F. The third-order valence-electron chi connectivity index (χ3n) is 2.39. The van der Waals surface area contributed by atoms with E-state index in [9.17, 15) is 9.18 Å². The summed E-state index contributed by atoms with van der Waals surface area (Å²) < 4.78 is 18.2. The first-order chi connectivity index (χ1) is 8.54. The van der Waals surface area contributed by atoms with Gasteiger partial charge >= 0.3 is 0 Å². The van der Waals surface area contributed by atoms with Crippen LogP contribution in [0.1, 0.15) is 10.4 Å². The fraction of sp³-hybridized carbons (Fsp3) is 0.462. The molecular formula is C13H18FNO2S. The molecule has 0 amide bonds. The van der Waals surface area contributed by atoms with Crippen LogP contribution in [0, 0.1) is 5.82 Å². The number of carbonyl (C=O) groups is 1. The molecule has 100 valence electrons. The van der Waals surface area contributed by atoms with Crippen LogP contribution in [0.15, 0.2) is 18.2 Å². The van der Waals surface area contributed by atoms with E-state index in [1.54, 1.807) is 17.8 Å². The van der Waals surface area contributed by atoms with Crippen LogP contribution < -0.4 is 4.74 Å². The lowest BCUT2D eigenvalue weighted by molar-refractivity contribution is 0.102. The highest BCUT2D eigenvalue weighted by Crippen LogP contribution is 2.18. The Hall–Kier alpha value is -1.07. The molecule has 0 spiro atoms. The lowest BCUT2D eigenvalue weighted by atomic mass is 10.1. The number of methoxy groups -OCH3 is 1. The predicted octanol–water partition coefficient (Wildman–Crippen LogP) is 2.31. The van der Waals surface area contributed by atoms with Crippen molar-refractivity contribution in [2.75, 3.05) is 39.3 Å². The molecule has 0 atom stereocenters. The first kappa shape index (κ1) is 15.0. The van der Waals surface area contributed by atoms with Crippen LogP contribution in [-0.4, -0.2) is 49.9 Å². The summed E-state index contributed by atoms with van der Waals surface area (Å²) >= 11 is 1.56. The standard InChI is InChI=1S/C13H18FNO2S/c1-15(2)6-7-18-9-12(16)10-4-5-13(17-3)11(14)8-10/h4-5,8H,6-7,9H2,1-3H3. The Labute approximate surface area is 111 Å². The minimum absolute atomic E-state index is 0.0553. The fourth-order valence-corrected chi connectivity index (χ4v) is 2.33. The maximum atomic E-state index is 13.4. The van der Waals surface area contributed by atoms with E-state index in [1.807, 2.05) is 14.1 Å². The monoisotopic (exact) mass is 271 g/mol. The zero-order valence-corrected chi connectivity index (χ0v) is 11.7. The van der Waals surface area contributed by atoms with E-state index in [0.717, 1.165) is 12.3 Å². The molecule has 0 aliphatic rings. The fourth-order valence-electron chi connectivity index (χ4n) is 1.34. The maximum Gasteiger partial charge on any atom is 0.172 e. The first-order valence-electron chi connectivity index (χ1n) is 5.64. The zero-order valence-electron chi connectivity index (χ0n) is 10.9. The lowest BCUT2D eigenvalue weighted by Gasteiger charge is -2.08. The van der Waals surface area contributed by atoms with Gasteiger partial charge in [-0.1, -0.05) is 0 Å². The van der Waals surface area contributed by atoms with E-state index >= 15 is 0 Å². The summed E-state index contributed by atoms with van der Waals surface area (Å²) in [4.78, 5) is 13.9. The van der Waals surface area contributed by atoms with Gasteiger partial charge in [-0.3, -0.25) is 4.79 Å². The average Bonchev–Trinajstić information content (AvgIpc) is 2.34. The van der Waals surface area contributed by atoms with Gasteiger partial charge in [0, 0.05) is 17.9 Å². The molecule has 1 aromatic rings. The third-order valence-corrected chi connectivity index (χ3v) is 3.33. The average molecular weight is 271 g/mol. The summed E-state index contributed by atoms with van der Waals surface area (Å²) in [6, 6.07) is 4.30. The highest BCUT2D eigenvalue weighted by atomic mass is 32.2. The molecule has 0 aliphatic carbocycles. The second-order valence-electron chi connectivity index (χ2n) is 4.13. The van der Waals surface area contributed by atoms with Gasteiger partial charge in [0.1, 0.15) is 0 Å². The molecule has 5 heteroatoms. The summed E-state index contributed by atoms with van der Waals surface area (Å²) in [5, 5.41) is 0. The minimum atomic E-state index is -0.498. The summed E-state index contributed by atoms with van der Waals surface area (Å²) in [6.07, 6.45) is 0. The van der Waals surface area contributed by atoms with Gasteiger partial charge < -0.3 is 9.64 Å². The Kier molecular flexibility index (Phi) is 6.15. The van der Waals surface area contributed by atoms with Crippen molar-refractivity contribution in [2.24, 2.45) is 0 Å². The van der Waals surface area contributed by atoms with Gasteiger partial charge in [-0.25, -0.2) is 4.39 Å². The number of hydrogen-bond acceptors (Lipinski definition) is 4. The molecule has 1 rings (SSSR count). The van der Waals surface area contributed by atoms with Crippen molar-refractivity contribution >= 4 is 17.5 Å². The summed E-state index contributed by atoms with van der Waals surface area (Å²) in [5.41, 5.74) is 0.394. The molecule has 0 radical (unpaired) electrons. The number of rotatable bonds is 7. The number of halogens is 1. The Balaban J connectivity index is 2.49. The van der Waals surface area contributed by atoms with Crippen LogP contribution in [0.25, 0.3) is 0 Å². The van der Waals surface area contributed by atoms with Gasteiger partial charge in [0.15, 0.2) is 17.3 Å². The largest absolute Gasteiger partial charge is 0.494 e. The van der Waals surface area contributed by atoms with Gasteiger partial charge in [0.05, 0.1) is 12.9 Å². The molecule has 0 saturated heterocycles. The van der Waals surface area contributed by atoms with Crippen LogP contribution in [0.3, 0.4) is 0 Å². The normalized spacial score (nSPS) is 10.7. The van der Waals surface area contributed by atoms with Crippen LogP contribution in [0.4, 0.5) is 4.39 Å². The molecule has 3 nitrogen and oxygen atoms in total. The van der Waals surface area contributed by atoms with E-state index < -0.39 is 5.82 Å². The van der Waals surface area contributed by atoms with Crippen molar-refractivity contribution in [3.05, 3.63) is 29.6 Å². The molecule has 0 saturated carbocycles. The van der Waals surface area contributed by atoms with E-state index in [4.69, 9.17) is 4.74 Å². The quantitative estimate of drug-likeness (QED) is 0.562. The van der Waals surface area contributed by atoms with Crippen molar-refractivity contribution < 1.29 is 13.9 Å². The van der Waals surface area contributed by atoms with Crippen molar-refractivity contribution in [3.63, 3.8) is 0 Å². The summed E-state index contributed by atoms with van der Waals surface area (Å²) in [5.74, 6) is 0.866. The van der Waals surface area contributed by atoms with Gasteiger partial charge in [-0.05, 0) is 32.3 Å². The Morgan fingerprint density at radius 2 is 2.17 bits per heavy atom. The minimum Gasteiger partial charge on any atom is -0.494 e. The van der Waals surface area contributed by atoms with E-state index in [0.29, 0.717) is 11.3 Å². The molecule has 0 fully saturated rings. The number of nitrogens with zero attached hydrogens (tertiary/aromatic N) is 1. The number of carbonyl (C=O) groups excluding carboxylic acids is 1. The number of ether oxygens (including phenoxy) is 1. The lowest BCUT2D eigenvalue weighted by Crippen LogP contribution is -2.15. The van der Waals surface area contributed by atoms with Gasteiger partial charge in [-0.2, -0.15) is 11.8 Å². The summed E-state index contributed by atoms with van der Waals surface area (Å²) in [7, 11) is 5.37. The van der Waals surface area contributed by atoms with Crippen molar-refractivity contribution in [3.8, 4) is 5.75 Å². The molecule has 0 heterocycles. The second-order valence-corrected chi connectivity index (χ2v) is 5.23. The van der Waals surface area contributed by atoms with Gasteiger partial charge in [0.2, 0.25) is 0 Å². The Morgan fingerprint density at radius 3 is 2.72 bits per heavy atom. The molecule has 0 bridgehead atoms. The molecule has 18 heavy (non-hydrogen) atoms. The zero-order chi connectivity index (χ0) is 13.5. The molecular weight excluding hydrogens is 253 g/mol. The Morgan fingerprint density at radius 1 is 1.44 bits per heavy atom. The topological polar surface area (TPSA) is 29.5 Å². The predicted molar refractivity (Wildman–Crippen MR) is 73.2 cm³/mol. The van der Waals surface area contributed by atoms with E-state index in [-0.39, 0.29) is 11.5 Å². The van der Waals surface area contributed by atoms with E-state index in [2.05, 4.69) is 4.90 Å². The smallest absolute Gasteiger partial charge is 0.172 e. The number of ketones is 1. The van der Waals surface area contributed by atoms with Crippen LogP contribution in [0.5, 0.6) is 5.75 Å². The molecule has 0 aliphatic heterocycles. The van der Waals surface area contributed by atoms with Crippen molar-refractivity contribution in [2.45, 2.75) is 0 Å². The first-order valence-corrected chi connectivity index (χ1v) is 6.79. The third kappa shape index (κ3) is 4.66. The number of thioether (sulfide) groups is 1. The molecule has 0 unspecified atom stereocenters. The van der Waals surface area contributed by atoms with Crippen LogP contribution in [0.2, 0.25) is 0 Å². The maximum absolute atomic E-state index is 13.4. The highest BCUT2D eigenvalue weighted by molar-refractivity contribution is 8.00. The highest BCUT2D eigenvalue weighted by Gasteiger charge is 2.10. The number of hydrogen-bond donors (Lipinski definition) is 0. The van der Waals surface area contributed by atoms with Crippen molar-refractivity contribution in [1.82, 2.24) is 4.90 Å².